The van der Waals surface area contributed by atoms with E-state index in [1.165, 1.54) is 38.5 Å². The van der Waals surface area contributed by atoms with E-state index >= 15 is 0 Å². The third kappa shape index (κ3) is 12.6. The molecule has 1 rings (SSSR count). The van der Waals surface area contributed by atoms with Crippen molar-refractivity contribution in [2.45, 2.75) is 51.6 Å². The highest BCUT2D eigenvalue weighted by Crippen LogP contribution is 2.08. The summed E-state index contributed by atoms with van der Waals surface area (Å²) >= 11 is 0. The Hall–Kier alpha value is -0.160. The third-order valence-corrected chi connectivity index (χ3v) is 3.09. The van der Waals surface area contributed by atoms with Gasteiger partial charge in [-0.3, -0.25) is 0 Å². The second kappa shape index (κ2) is 12.9. The average Bonchev–Trinajstić information content (AvgIpc) is 3.23. The van der Waals surface area contributed by atoms with Crippen molar-refractivity contribution in [3.63, 3.8) is 0 Å². The summed E-state index contributed by atoms with van der Waals surface area (Å²) in [7, 11) is 0. The maximum absolute atomic E-state index is 5.51. The zero-order valence-electron chi connectivity index (χ0n) is 12.4. The normalized spacial score (nSPS) is 17.8. The maximum Gasteiger partial charge on any atom is 0.104 e. The van der Waals surface area contributed by atoms with Crippen LogP contribution in [0.1, 0.15) is 45.4 Å². The summed E-state index contributed by atoms with van der Waals surface area (Å²) in [6.45, 7) is 7.33. The van der Waals surface area contributed by atoms with E-state index in [2.05, 4.69) is 6.92 Å². The topological polar surface area (TPSA) is 40.2 Å². The first kappa shape index (κ1) is 16.9. The van der Waals surface area contributed by atoms with Gasteiger partial charge in [0.1, 0.15) is 6.10 Å². The van der Waals surface area contributed by atoms with Crippen LogP contribution in [-0.2, 0) is 18.9 Å². The Bertz CT molecular complexity index is 183. The first-order valence-corrected chi connectivity index (χ1v) is 7.78. The summed E-state index contributed by atoms with van der Waals surface area (Å²) in [5, 5.41) is 0. The molecule has 0 aliphatic carbocycles. The Morgan fingerprint density at radius 2 is 1.37 bits per heavy atom. The molecular formula is C15H30O4. The van der Waals surface area contributed by atoms with Gasteiger partial charge < -0.3 is 18.9 Å². The maximum atomic E-state index is 5.51. The van der Waals surface area contributed by atoms with Crippen LogP contribution in [0.3, 0.4) is 0 Å². The molecule has 0 radical (unpaired) electrons. The Morgan fingerprint density at radius 1 is 0.789 bits per heavy atom. The Balaban J connectivity index is 1.60. The van der Waals surface area contributed by atoms with Crippen LogP contribution < -0.4 is 0 Å². The van der Waals surface area contributed by atoms with E-state index in [1.807, 2.05) is 0 Å². The molecule has 0 N–H and O–H groups in total. The van der Waals surface area contributed by atoms with Gasteiger partial charge >= 0.3 is 0 Å². The molecule has 4 nitrogen and oxygen atoms in total. The van der Waals surface area contributed by atoms with Crippen molar-refractivity contribution in [3.05, 3.63) is 0 Å². The summed E-state index contributed by atoms with van der Waals surface area (Å²) in [5.41, 5.74) is 0. The molecule has 1 saturated heterocycles. The minimum atomic E-state index is 0.348. The number of hydrogen-bond donors (Lipinski definition) is 0. The fourth-order valence-corrected chi connectivity index (χ4v) is 1.80. The molecule has 0 spiro atoms. The van der Waals surface area contributed by atoms with Crippen LogP contribution in [0.15, 0.2) is 0 Å². The molecule has 0 aromatic rings. The summed E-state index contributed by atoms with van der Waals surface area (Å²) in [6.07, 6.45) is 8.20. The highest BCUT2D eigenvalue weighted by molar-refractivity contribution is 4.66. The lowest BCUT2D eigenvalue weighted by Crippen LogP contribution is -2.11. The third-order valence-electron chi connectivity index (χ3n) is 3.09. The molecule has 0 aromatic heterocycles. The summed E-state index contributed by atoms with van der Waals surface area (Å²) < 4.78 is 21.3. The minimum Gasteiger partial charge on any atom is -0.379 e. The van der Waals surface area contributed by atoms with Crippen molar-refractivity contribution in [2.24, 2.45) is 0 Å². The highest BCUT2D eigenvalue weighted by Gasteiger charge is 2.21. The van der Waals surface area contributed by atoms with Gasteiger partial charge in [-0.25, -0.2) is 0 Å². The van der Waals surface area contributed by atoms with Gasteiger partial charge in [0.25, 0.3) is 0 Å². The monoisotopic (exact) mass is 274 g/mol. The minimum absolute atomic E-state index is 0.348. The van der Waals surface area contributed by atoms with Crippen LogP contribution in [-0.4, -0.2) is 52.4 Å². The molecule has 0 aromatic carbocycles. The molecule has 19 heavy (non-hydrogen) atoms. The van der Waals surface area contributed by atoms with Crippen LogP contribution in [0.5, 0.6) is 0 Å². The van der Waals surface area contributed by atoms with E-state index in [0.717, 1.165) is 13.2 Å². The standard InChI is InChI=1S/C15H30O4/c1-2-3-4-5-6-7-8-16-9-10-17-11-12-18-13-15-14-19-15/h15H,2-14H2,1H3. The summed E-state index contributed by atoms with van der Waals surface area (Å²) in [5.74, 6) is 0. The van der Waals surface area contributed by atoms with Crippen molar-refractivity contribution in [2.75, 3.05) is 46.2 Å². The van der Waals surface area contributed by atoms with Gasteiger partial charge in [-0.05, 0) is 6.42 Å². The van der Waals surface area contributed by atoms with E-state index in [-0.39, 0.29) is 0 Å². The van der Waals surface area contributed by atoms with Crippen molar-refractivity contribution >= 4 is 0 Å². The number of epoxide rings is 1. The van der Waals surface area contributed by atoms with Gasteiger partial charge in [0.15, 0.2) is 0 Å². The number of hydrogen-bond acceptors (Lipinski definition) is 4. The van der Waals surface area contributed by atoms with Gasteiger partial charge in [-0.2, -0.15) is 0 Å². The van der Waals surface area contributed by atoms with Crippen LogP contribution in [0, 0.1) is 0 Å². The Morgan fingerprint density at radius 3 is 2.05 bits per heavy atom. The van der Waals surface area contributed by atoms with Crippen molar-refractivity contribution in [1.82, 2.24) is 0 Å². The van der Waals surface area contributed by atoms with Gasteiger partial charge in [0.2, 0.25) is 0 Å². The van der Waals surface area contributed by atoms with E-state index in [1.54, 1.807) is 0 Å². The molecule has 0 amide bonds. The molecule has 1 heterocycles. The number of rotatable bonds is 15. The van der Waals surface area contributed by atoms with Gasteiger partial charge in [-0.1, -0.05) is 39.0 Å². The first-order chi connectivity index (χ1) is 9.43. The molecular weight excluding hydrogens is 244 g/mol. The van der Waals surface area contributed by atoms with E-state index in [9.17, 15) is 0 Å². The van der Waals surface area contributed by atoms with Gasteiger partial charge in [0.05, 0.1) is 39.6 Å². The second-order valence-electron chi connectivity index (χ2n) is 5.02. The molecule has 1 atom stereocenters. The Kier molecular flexibility index (Phi) is 11.4. The van der Waals surface area contributed by atoms with Crippen LogP contribution in [0.2, 0.25) is 0 Å². The van der Waals surface area contributed by atoms with Gasteiger partial charge in [-0.15, -0.1) is 0 Å². The molecule has 1 unspecified atom stereocenters. The summed E-state index contributed by atoms with van der Waals surface area (Å²) in [6, 6.07) is 0. The largest absolute Gasteiger partial charge is 0.379 e. The van der Waals surface area contributed by atoms with Gasteiger partial charge in [0, 0.05) is 6.61 Å². The van der Waals surface area contributed by atoms with E-state index < -0.39 is 0 Å². The van der Waals surface area contributed by atoms with Crippen molar-refractivity contribution < 1.29 is 18.9 Å². The van der Waals surface area contributed by atoms with E-state index in [4.69, 9.17) is 18.9 Å². The lowest BCUT2D eigenvalue weighted by Gasteiger charge is -2.06. The zero-order valence-corrected chi connectivity index (χ0v) is 12.4. The fourth-order valence-electron chi connectivity index (χ4n) is 1.80. The average molecular weight is 274 g/mol. The molecule has 114 valence electrons. The van der Waals surface area contributed by atoms with E-state index in [0.29, 0.717) is 39.1 Å². The smallest absolute Gasteiger partial charge is 0.104 e. The lowest BCUT2D eigenvalue weighted by molar-refractivity contribution is 0.0112. The molecule has 1 aliphatic rings. The lowest BCUT2D eigenvalue weighted by atomic mass is 10.1. The molecule has 0 bridgehead atoms. The van der Waals surface area contributed by atoms with Crippen LogP contribution in [0.25, 0.3) is 0 Å². The number of unbranched alkanes of at least 4 members (excludes halogenated alkanes) is 5. The number of ether oxygens (including phenoxy) is 4. The first-order valence-electron chi connectivity index (χ1n) is 7.78. The predicted molar refractivity (Wildman–Crippen MR) is 75.6 cm³/mol. The Labute approximate surface area is 117 Å². The SMILES string of the molecule is CCCCCCCCOCCOCCOCC1CO1. The quantitative estimate of drug-likeness (QED) is 0.340. The predicted octanol–water partition coefficient (Wildman–Crippen LogP) is 2.80. The molecule has 4 heteroatoms. The molecule has 1 fully saturated rings. The molecule has 0 saturated carbocycles. The highest BCUT2D eigenvalue weighted by atomic mass is 16.6. The van der Waals surface area contributed by atoms with Crippen LogP contribution >= 0.6 is 0 Å². The van der Waals surface area contributed by atoms with Crippen molar-refractivity contribution in [3.8, 4) is 0 Å². The molecule has 1 aliphatic heterocycles. The van der Waals surface area contributed by atoms with Crippen molar-refractivity contribution in [1.29, 1.82) is 0 Å². The fraction of sp³-hybridized carbons (Fsp3) is 1.00. The van der Waals surface area contributed by atoms with Crippen LogP contribution in [0.4, 0.5) is 0 Å². The zero-order chi connectivity index (χ0) is 13.6. The summed E-state index contributed by atoms with van der Waals surface area (Å²) in [4.78, 5) is 0. The second-order valence-corrected chi connectivity index (χ2v) is 5.02.